The van der Waals surface area contributed by atoms with Crippen LogP contribution in [0.15, 0.2) is 48.5 Å². The average Bonchev–Trinajstić information content (AvgIpc) is 2.59. The van der Waals surface area contributed by atoms with E-state index in [9.17, 15) is 14.4 Å². The minimum Gasteiger partial charge on any atom is -0.454 e. The summed E-state index contributed by atoms with van der Waals surface area (Å²) in [6, 6.07) is 12.5. The van der Waals surface area contributed by atoms with Crippen LogP contribution in [0.3, 0.4) is 0 Å². The lowest BCUT2D eigenvalue weighted by atomic mass is 10.1. The molecule has 0 radical (unpaired) electrons. The number of hydrogen-bond donors (Lipinski definition) is 2. The van der Waals surface area contributed by atoms with Crippen molar-refractivity contribution in [1.29, 1.82) is 0 Å². The van der Waals surface area contributed by atoms with E-state index in [0.717, 1.165) is 12.0 Å². The molecule has 0 heterocycles. The number of amides is 2. The number of anilines is 1. The molecular formula is C18H18N2O4. The first-order valence-electron chi connectivity index (χ1n) is 7.45. The van der Waals surface area contributed by atoms with E-state index in [1.807, 2.05) is 19.1 Å². The van der Waals surface area contributed by atoms with Crippen LogP contribution in [0.2, 0.25) is 0 Å². The maximum atomic E-state index is 12.0. The monoisotopic (exact) mass is 326 g/mol. The molecule has 0 fully saturated rings. The molecule has 0 unspecified atom stereocenters. The zero-order chi connectivity index (χ0) is 17.5. The molecule has 2 amide bonds. The number of esters is 1. The van der Waals surface area contributed by atoms with E-state index in [1.165, 1.54) is 24.3 Å². The summed E-state index contributed by atoms with van der Waals surface area (Å²) < 4.78 is 5.02. The van der Waals surface area contributed by atoms with Crippen molar-refractivity contribution >= 4 is 23.5 Å². The van der Waals surface area contributed by atoms with Crippen LogP contribution in [0.25, 0.3) is 0 Å². The molecule has 0 spiro atoms. The summed E-state index contributed by atoms with van der Waals surface area (Å²) in [5, 5.41) is 2.38. The number of urea groups is 1. The molecule has 0 aliphatic rings. The van der Waals surface area contributed by atoms with E-state index in [2.05, 4.69) is 5.32 Å². The van der Waals surface area contributed by atoms with Gasteiger partial charge in [-0.1, -0.05) is 31.2 Å². The highest BCUT2D eigenvalue weighted by molar-refractivity contribution is 5.99. The topological polar surface area (TPSA) is 98.5 Å². The van der Waals surface area contributed by atoms with Gasteiger partial charge in [-0.05, 0) is 36.2 Å². The molecule has 0 bridgehead atoms. The highest BCUT2D eigenvalue weighted by Gasteiger charge is 2.12. The van der Waals surface area contributed by atoms with Gasteiger partial charge in [-0.25, -0.2) is 9.59 Å². The van der Waals surface area contributed by atoms with Crippen LogP contribution < -0.4 is 11.1 Å². The number of ketones is 1. The van der Waals surface area contributed by atoms with Crippen LogP contribution in [0.4, 0.5) is 10.5 Å². The van der Waals surface area contributed by atoms with Crippen molar-refractivity contribution in [2.75, 3.05) is 11.9 Å². The fourth-order valence-electron chi connectivity index (χ4n) is 2.06. The van der Waals surface area contributed by atoms with E-state index in [4.69, 9.17) is 10.5 Å². The van der Waals surface area contributed by atoms with E-state index in [-0.39, 0.29) is 18.0 Å². The number of ether oxygens (including phenoxy) is 1. The molecule has 124 valence electrons. The lowest BCUT2D eigenvalue weighted by molar-refractivity contribution is 0.0475. The Balaban J connectivity index is 1.91. The van der Waals surface area contributed by atoms with E-state index in [0.29, 0.717) is 11.3 Å². The first-order chi connectivity index (χ1) is 11.5. The predicted molar refractivity (Wildman–Crippen MR) is 90.1 cm³/mol. The molecule has 0 aliphatic carbocycles. The quantitative estimate of drug-likeness (QED) is 0.630. The Morgan fingerprint density at radius 1 is 0.958 bits per heavy atom. The number of carbonyl (C=O) groups is 3. The van der Waals surface area contributed by atoms with Crippen LogP contribution in [0, 0.1) is 0 Å². The molecule has 2 rings (SSSR count). The van der Waals surface area contributed by atoms with Gasteiger partial charge in [0.1, 0.15) is 0 Å². The Labute approximate surface area is 139 Å². The second-order valence-electron chi connectivity index (χ2n) is 5.12. The van der Waals surface area contributed by atoms with Gasteiger partial charge in [0.2, 0.25) is 0 Å². The molecule has 0 atom stereocenters. The smallest absolute Gasteiger partial charge is 0.338 e. The lowest BCUT2D eigenvalue weighted by Gasteiger charge is -2.06. The molecular weight excluding hydrogens is 308 g/mol. The van der Waals surface area contributed by atoms with Crippen molar-refractivity contribution in [1.82, 2.24) is 0 Å². The largest absolute Gasteiger partial charge is 0.454 e. The number of carbonyl (C=O) groups excluding carboxylic acids is 3. The maximum absolute atomic E-state index is 12.0. The number of Topliss-reactive ketones (excluding diaryl/α,β-unsaturated/α-hetero) is 1. The fourth-order valence-corrected chi connectivity index (χ4v) is 2.06. The Kier molecular flexibility index (Phi) is 5.68. The minimum absolute atomic E-state index is 0.266. The standard InChI is InChI=1S/C18H18N2O4/c1-2-12-3-5-13(6-4-12)16(21)11-24-17(22)14-7-9-15(10-8-14)20-18(19)23/h3-10H,2,11H2,1H3,(H3,19,20,23). The van der Waals surface area contributed by atoms with Crippen molar-refractivity contribution in [2.24, 2.45) is 5.73 Å². The average molecular weight is 326 g/mol. The first kappa shape index (κ1) is 17.2. The number of hydrogen-bond acceptors (Lipinski definition) is 4. The molecule has 6 nitrogen and oxygen atoms in total. The second kappa shape index (κ2) is 7.92. The van der Waals surface area contributed by atoms with Gasteiger partial charge < -0.3 is 15.8 Å². The summed E-state index contributed by atoms with van der Waals surface area (Å²) in [5.41, 5.74) is 7.37. The molecule has 0 aliphatic heterocycles. The zero-order valence-electron chi connectivity index (χ0n) is 13.2. The van der Waals surface area contributed by atoms with Gasteiger partial charge in [0.25, 0.3) is 0 Å². The van der Waals surface area contributed by atoms with Crippen LogP contribution in [-0.2, 0) is 11.2 Å². The summed E-state index contributed by atoms with van der Waals surface area (Å²) in [5.74, 6) is -0.878. The highest BCUT2D eigenvalue weighted by atomic mass is 16.5. The van der Waals surface area contributed by atoms with Crippen molar-refractivity contribution in [3.05, 3.63) is 65.2 Å². The zero-order valence-corrected chi connectivity index (χ0v) is 13.2. The molecule has 0 aromatic heterocycles. The van der Waals surface area contributed by atoms with Crippen molar-refractivity contribution in [3.63, 3.8) is 0 Å². The number of primary amides is 1. The number of rotatable bonds is 6. The molecule has 3 N–H and O–H groups in total. The molecule has 0 saturated heterocycles. The normalized spacial score (nSPS) is 10.0. The molecule has 24 heavy (non-hydrogen) atoms. The minimum atomic E-state index is -0.690. The summed E-state index contributed by atoms with van der Waals surface area (Å²) in [7, 11) is 0. The molecule has 0 saturated carbocycles. The molecule has 6 heteroatoms. The van der Waals surface area contributed by atoms with E-state index in [1.54, 1.807) is 12.1 Å². The van der Waals surface area contributed by atoms with Crippen molar-refractivity contribution < 1.29 is 19.1 Å². The SMILES string of the molecule is CCc1ccc(C(=O)COC(=O)c2ccc(NC(N)=O)cc2)cc1. The van der Waals surface area contributed by atoms with Crippen LogP contribution in [0.5, 0.6) is 0 Å². The third kappa shape index (κ3) is 4.67. The van der Waals surface area contributed by atoms with Crippen LogP contribution in [0.1, 0.15) is 33.2 Å². The van der Waals surface area contributed by atoms with Gasteiger partial charge >= 0.3 is 12.0 Å². The van der Waals surface area contributed by atoms with Gasteiger partial charge in [-0.2, -0.15) is 0 Å². The molecule has 2 aromatic carbocycles. The van der Waals surface area contributed by atoms with Crippen LogP contribution >= 0.6 is 0 Å². The van der Waals surface area contributed by atoms with E-state index < -0.39 is 12.0 Å². The predicted octanol–water partition coefficient (Wildman–Crippen LogP) is 2.78. The Morgan fingerprint density at radius 2 is 1.54 bits per heavy atom. The highest BCUT2D eigenvalue weighted by Crippen LogP contribution is 2.11. The lowest BCUT2D eigenvalue weighted by Crippen LogP contribution is -2.19. The van der Waals surface area contributed by atoms with Gasteiger partial charge in [0.05, 0.1) is 5.56 Å². The van der Waals surface area contributed by atoms with Gasteiger partial charge in [-0.3, -0.25) is 4.79 Å². The summed E-state index contributed by atoms with van der Waals surface area (Å²) in [6.45, 7) is 1.70. The van der Waals surface area contributed by atoms with Crippen molar-refractivity contribution in [2.45, 2.75) is 13.3 Å². The number of nitrogens with two attached hydrogens (primary N) is 1. The second-order valence-corrected chi connectivity index (χ2v) is 5.12. The summed E-state index contributed by atoms with van der Waals surface area (Å²) in [6.07, 6.45) is 0.893. The molecule has 2 aromatic rings. The Hall–Kier alpha value is -3.15. The third-order valence-corrected chi connectivity index (χ3v) is 3.41. The number of nitrogens with one attached hydrogen (secondary N) is 1. The van der Waals surface area contributed by atoms with Gasteiger partial charge in [0, 0.05) is 11.3 Å². The summed E-state index contributed by atoms with van der Waals surface area (Å²) >= 11 is 0. The Morgan fingerprint density at radius 3 is 2.08 bits per heavy atom. The fraction of sp³-hybridized carbons (Fsp3) is 0.167. The first-order valence-corrected chi connectivity index (χ1v) is 7.45. The third-order valence-electron chi connectivity index (χ3n) is 3.41. The van der Waals surface area contributed by atoms with Crippen molar-refractivity contribution in [3.8, 4) is 0 Å². The Bertz CT molecular complexity index is 737. The number of aryl methyl sites for hydroxylation is 1. The maximum Gasteiger partial charge on any atom is 0.338 e. The van der Waals surface area contributed by atoms with Crippen LogP contribution in [-0.4, -0.2) is 24.4 Å². The van der Waals surface area contributed by atoms with Gasteiger partial charge in [-0.15, -0.1) is 0 Å². The van der Waals surface area contributed by atoms with E-state index >= 15 is 0 Å². The number of benzene rings is 2. The van der Waals surface area contributed by atoms with Gasteiger partial charge in [0.15, 0.2) is 12.4 Å². The summed E-state index contributed by atoms with van der Waals surface area (Å²) in [4.78, 5) is 34.7.